The fourth-order valence-corrected chi connectivity index (χ4v) is 1.75. The second-order valence-electron chi connectivity index (χ2n) is 3.15. The van der Waals surface area contributed by atoms with Crippen LogP contribution in [0, 0.1) is 5.92 Å². The van der Waals surface area contributed by atoms with Crippen LogP contribution in [-0.4, -0.2) is 18.1 Å². The molecule has 3 atom stereocenters. The van der Waals surface area contributed by atoms with E-state index in [1.165, 1.54) is 0 Å². The van der Waals surface area contributed by atoms with Gasteiger partial charge >= 0.3 is 5.97 Å². The first kappa shape index (κ1) is 6.16. The van der Waals surface area contributed by atoms with Crippen molar-refractivity contribution in [1.82, 2.24) is 0 Å². The Balaban J connectivity index is 2.15. The summed E-state index contributed by atoms with van der Waals surface area (Å²) in [5.74, 6) is 0.141. The molecule has 0 aromatic carbocycles. The van der Waals surface area contributed by atoms with Crippen molar-refractivity contribution in [3.63, 3.8) is 0 Å². The number of carbonyl (C=O) groups excluding carboxylic acids is 1. The van der Waals surface area contributed by atoms with Crippen LogP contribution >= 0.6 is 0 Å². The van der Waals surface area contributed by atoms with Gasteiger partial charge < -0.3 is 10.5 Å². The first-order chi connectivity index (χ1) is 4.77. The predicted molar refractivity (Wildman–Crippen MR) is 35.2 cm³/mol. The highest BCUT2D eigenvalue weighted by molar-refractivity contribution is 5.75. The summed E-state index contributed by atoms with van der Waals surface area (Å²) in [6, 6.07) is 0.0997. The molecule has 0 radical (unpaired) electrons. The highest BCUT2D eigenvalue weighted by Gasteiger charge is 2.41. The molecule has 1 aliphatic carbocycles. The summed E-state index contributed by atoms with van der Waals surface area (Å²) in [5.41, 5.74) is 5.70. The quantitative estimate of drug-likeness (QED) is 0.484. The molecule has 1 saturated carbocycles. The molecule has 2 N–H and O–H groups in total. The maximum atomic E-state index is 10.9. The maximum absolute atomic E-state index is 10.9. The number of nitrogens with two attached hydrogens (primary N) is 1. The molecule has 0 amide bonds. The zero-order chi connectivity index (χ0) is 7.14. The topological polar surface area (TPSA) is 52.3 Å². The highest BCUT2D eigenvalue weighted by atomic mass is 16.6. The summed E-state index contributed by atoms with van der Waals surface area (Å²) in [6.07, 6.45) is 2.77. The number of hydrogen-bond acceptors (Lipinski definition) is 3. The van der Waals surface area contributed by atoms with Gasteiger partial charge in [-0.05, 0) is 19.3 Å². The van der Waals surface area contributed by atoms with Gasteiger partial charge in [0.15, 0.2) is 0 Å². The summed E-state index contributed by atoms with van der Waals surface area (Å²) < 4.78 is 5.03. The molecule has 1 saturated heterocycles. The lowest BCUT2D eigenvalue weighted by Crippen LogP contribution is -2.36. The summed E-state index contributed by atoms with van der Waals surface area (Å²) in [7, 11) is 0. The molecule has 3 heteroatoms. The molecule has 3 nitrogen and oxygen atoms in total. The van der Waals surface area contributed by atoms with Crippen molar-refractivity contribution in [2.75, 3.05) is 0 Å². The van der Waals surface area contributed by atoms with Gasteiger partial charge in [-0.1, -0.05) is 0 Å². The number of fused-ring (bicyclic) bond motifs is 2. The lowest BCUT2D eigenvalue weighted by molar-refractivity contribution is -0.143. The van der Waals surface area contributed by atoms with E-state index in [-0.39, 0.29) is 24.0 Å². The molecule has 2 bridgehead atoms. The van der Waals surface area contributed by atoms with Crippen LogP contribution in [0.25, 0.3) is 0 Å². The number of rotatable bonds is 0. The van der Waals surface area contributed by atoms with E-state index in [2.05, 4.69) is 0 Å². The third-order valence-corrected chi connectivity index (χ3v) is 2.44. The Morgan fingerprint density at radius 3 is 3.00 bits per heavy atom. The zero-order valence-electron chi connectivity index (χ0n) is 5.75. The normalized spacial score (nSPS) is 45.3. The molecule has 0 aromatic heterocycles. The fraction of sp³-hybridized carbons (Fsp3) is 0.857. The molecule has 2 rings (SSSR count). The van der Waals surface area contributed by atoms with Crippen LogP contribution in [0.15, 0.2) is 0 Å². The fourth-order valence-electron chi connectivity index (χ4n) is 1.75. The number of esters is 1. The van der Waals surface area contributed by atoms with Crippen LogP contribution in [0.4, 0.5) is 0 Å². The van der Waals surface area contributed by atoms with E-state index in [9.17, 15) is 4.79 Å². The molecule has 0 spiro atoms. The summed E-state index contributed by atoms with van der Waals surface area (Å²) in [6.45, 7) is 0. The van der Waals surface area contributed by atoms with E-state index in [4.69, 9.17) is 10.5 Å². The Hall–Kier alpha value is -0.570. The average Bonchev–Trinajstić information content (AvgIpc) is 2.21. The van der Waals surface area contributed by atoms with Gasteiger partial charge in [0.1, 0.15) is 6.10 Å². The molecule has 1 aliphatic heterocycles. The molecular formula is C7H11NO2. The first-order valence-corrected chi connectivity index (χ1v) is 3.73. The Morgan fingerprint density at radius 1 is 1.50 bits per heavy atom. The third kappa shape index (κ3) is 0.736. The van der Waals surface area contributed by atoms with E-state index in [1.54, 1.807) is 0 Å². The Labute approximate surface area is 59.5 Å². The standard InChI is InChI=1S/C7H11NO2/c8-5-2-1-4-3-6(5)10-7(4)9/h4-6H,1-3,8H2/t4?,5-,6-/m1/s1. The predicted octanol–water partition coefficient (Wildman–Crippen LogP) is 0.0392. The Morgan fingerprint density at radius 2 is 2.30 bits per heavy atom. The van der Waals surface area contributed by atoms with E-state index in [0.29, 0.717) is 0 Å². The number of hydrogen-bond donors (Lipinski definition) is 1. The van der Waals surface area contributed by atoms with Crippen molar-refractivity contribution in [3.05, 3.63) is 0 Å². The minimum atomic E-state index is -0.0297. The Kier molecular flexibility index (Phi) is 1.20. The largest absolute Gasteiger partial charge is 0.460 e. The van der Waals surface area contributed by atoms with Crippen molar-refractivity contribution in [2.45, 2.75) is 31.4 Å². The summed E-state index contributed by atoms with van der Waals surface area (Å²) in [4.78, 5) is 10.9. The van der Waals surface area contributed by atoms with Crippen LogP contribution in [0.5, 0.6) is 0 Å². The summed E-state index contributed by atoms with van der Waals surface area (Å²) in [5, 5.41) is 0. The molecule has 0 aromatic rings. The van der Waals surface area contributed by atoms with Gasteiger partial charge in [-0.15, -0.1) is 0 Å². The smallest absolute Gasteiger partial charge is 0.309 e. The van der Waals surface area contributed by atoms with Crippen molar-refractivity contribution in [3.8, 4) is 0 Å². The lowest BCUT2D eigenvalue weighted by Gasteiger charge is -2.20. The van der Waals surface area contributed by atoms with Gasteiger partial charge in [0.25, 0.3) is 0 Å². The van der Waals surface area contributed by atoms with E-state index >= 15 is 0 Å². The van der Waals surface area contributed by atoms with Crippen LogP contribution in [-0.2, 0) is 9.53 Å². The molecule has 56 valence electrons. The van der Waals surface area contributed by atoms with Crippen LogP contribution in [0.2, 0.25) is 0 Å². The molecule has 1 heterocycles. The molecule has 2 aliphatic rings. The highest BCUT2D eigenvalue weighted by Crippen LogP contribution is 2.33. The van der Waals surface area contributed by atoms with Gasteiger partial charge in [0.2, 0.25) is 0 Å². The average molecular weight is 141 g/mol. The van der Waals surface area contributed by atoms with E-state index in [1.807, 2.05) is 0 Å². The van der Waals surface area contributed by atoms with Crippen molar-refractivity contribution in [1.29, 1.82) is 0 Å². The van der Waals surface area contributed by atoms with Gasteiger partial charge in [0, 0.05) is 6.04 Å². The van der Waals surface area contributed by atoms with E-state index in [0.717, 1.165) is 19.3 Å². The van der Waals surface area contributed by atoms with Gasteiger partial charge in [-0.25, -0.2) is 0 Å². The van der Waals surface area contributed by atoms with Gasteiger partial charge in [0.05, 0.1) is 5.92 Å². The molecule has 1 unspecified atom stereocenters. The third-order valence-electron chi connectivity index (χ3n) is 2.44. The van der Waals surface area contributed by atoms with Crippen molar-refractivity contribution >= 4 is 5.97 Å². The number of ether oxygens (including phenoxy) is 1. The molecule has 10 heavy (non-hydrogen) atoms. The monoisotopic (exact) mass is 141 g/mol. The van der Waals surface area contributed by atoms with Crippen LogP contribution in [0.1, 0.15) is 19.3 Å². The Bertz CT molecular complexity index is 169. The van der Waals surface area contributed by atoms with E-state index < -0.39 is 0 Å². The lowest BCUT2D eigenvalue weighted by atomic mass is 9.87. The first-order valence-electron chi connectivity index (χ1n) is 3.73. The van der Waals surface area contributed by atoms with Crippen molar-refractivity contribution < 1.29 is 9.53 Å². The zero-order valence-corrected chi connectivity index (χ0v) is 5.75. The molecular weight excluding hydrogens is 130 g/mol. The van der Waals surface area contributed by atoms with Crippen LogP contribution in [0.3, 0.4) is 0 Å². The SMILES string of the molecule is N[C@@H]1CCC2C[C@H]1OC2=O. The summed E-state index contributed by atoms with van der Waals surface area (Å²) >= 11 is 0. The van der Waals surface area contributed by atoms with Gasteiger partial charge in [-0.2, -0.15) is 0 Å². The van der Waals surface area contributed by atoms with Gasteiger partial charge in [-0.3, -0.25) is 4.79 Å². The second-order valence-corrected chi connectivity index (χ2v) is 3.15. The van der Waals surface area contributed by atoms with Crippen molar-refractivity contribution in [2.24, 2.45) is 11.7 Å². The minimum absolute atomic E-state index is 0.0297. The molecule has 2 fully saturated rings. The van der Waals surface area contributed by atoms with Crippen LogP contribution < -0.4 is 5.73 Å². The maximum Gasteiger partial charge on any atom is 0.309 e. The number of carbonyl (C=O) groups is 1. The minimum Gasteiger partial charge on any atom is -0.460 e. The second kappa shape index (κ2) is 1.95.